The molecule has 1 aliphatic rings. The molecule has 0 spiro atoms. The van der Waals surface area contributed by atoms with Gasteiger partial charge >= 0.3 is 5.97 Å². The molecule has 2 heterocycles. The SMILES string of the molecule is CCC1(CC(=O)O)OCCc2c1[nH]c1c(F)cc(F)c(C#N)c21. The summed E-state index contributed by atoms with van der Waals surface area (Å²) in [5, 5.41) is 18.6. The van der Waals surface area contributed by atoms with E-state index in [0.717, 1.165) is 0 Å². The number of aromatic amines is 1. The Morgan fingerprint density at radius 1 is 1.52 bits per heavy atom. The minimum absolute atomic E-state index is 0.0154. The van der Waals surface area contributed by atoms with Gasteiger partial charge in [-0.3, -0.25) is 4.79 Å². The highest BCUT2D eigenvalue weighted by atomic mass is 19.1. The zero-order chi connectivity index (χ0) is 16.8. The average molecular weight is 320 g/mol. The molecule has 120 valence electrons. The maximum Gasteiger partial charge on any atom is 0.306 e. The number of halogens is 2. The van der Waals surface area contributed by atoms with E-state index < -0.39 is 23.2 Å². The summed E-state index contributed by atoms with van der Waals surface area (Å²) in [5.41, 5.74) is -0.370. The van der Waals surface area contributed by atoms with E-state index in [4.69, 9.17) is 4.74 Å². The fourth-order valence-corrected chi connectivity index (χ4v) is 3.33. The monoisotopic (exact) mass is 320 g/mol. The molecule has 23 heavy (non-hydrogen) atoms. The molecule has 0 amide bonds. The molecular weight excluding hydrogens is 306 g/mol. The van der Waals surface area contributed by atoms with Crippen LogP contribution in [0.5, 0.6) is 0 Å². The van der Waals surface area contributed by atoms with Crippen LogP contribution in [-0.4, -0.2) is 22.7 Å². The van der Waals surface area contributed by atoms with Crippen molar-refractivity contribution in [2.45, 2.75) is 31.8 Å². The van der Waals surface area contributed by atoms with Crippen molar-refractivity contribution in [1.29, 1.82) is 5.26 Å². The zero-order valence-corrected chi connectivity index (χ0v) is 12.4. The van der Waals surface area contributed by atoms with Crippen molar-refractivity contribution < 1.29 is 23.4 Å². The number of carboxylic acid groups (broad SMARTS) is 1. The van der Waals surface area contributed by atoms with Gasteiger partial charge in [-0.1, -0.05) is 6.92 Å². The molecule has 1 aliphatic heterocycles. The van der Waals surface area contributed by atoms with Crippen molar-refractivity contribution in [3.05, 3.63) is 34.5 Å². The van der Waals surface area contributed by atoms with Crippen molar-refractivity contribution in [2.24, 2.45) is 0 Å². The van der Waals surface area contributed by atoms with Crippen LogP contribution in [0.3, 0.4) is 0 Å². The fraction of sp³-hybridized carbons (Fsp3) is 0.375. The second kappa shape index (κ2) is 5.32. The molecule has 5 nitrogen and oxygen atoms in total. The lowest BCUT2D eigenvalue weighted by atomic mass is 9.85. The normalized spacial score (nSPS) is 20.3. The molecule has 1 aromatic carbocycles. The summed E-state index contributed by atoms with van der Waals surface area (Å²) in [4.78, 5) is 14.1. The third-order valence-corrected chi connectivity index (χ3v) is 4.39. The first-order valence-corrected chi connectivity index (χ1v) is 7.22. The van der Waals surface area contributed by atoms with Crippen LogP contribution in [0.15, 0.2) is 6.07 Å². The van der Waals surface area contributed by atoms with Gasteiger partial charge in [0.15, 0.2) is 0 Å². The summed E-state index contributed by atoms with van der Waals surface area (Å²) in [5.74, 6) is -2.79. The Hall–Kier alpha value is -2.46. The van der Waals surface area contributed by atoms with Crippen molar-refractivity contribution in [2.75, 3.05) is 6.61 Å². The summed E-state index contributed by atoms with van der Waals surface area (Å²) in [7, 11) is 0. The third-order valence-electron chi connectivity index (χ3n) is 4.39. The lowest BCUT2D eigenvalue weighted by molar-refractivity contribution is -0.148. The lowest BCUT2D eigenvalue weighted by Crippen LogP contribution is -2.37. The minimum Gasteiger partial charge on any atom is -0.481 e. The molecule has 7 heteroatoms. The minimum atomic E-state index is -1.13. The number of fused-ring (bicyclic) bond motifs is 3. The van der Waals surface area contributed by atoms with Gasteiger partial charge in [0.25, 0.3) is 0 Å². The molecule has 0 saturated carbocycles. The Bertz CT molecular complexity index is 853. The van der Waals surface area contributed by atoms with E-state index in [2.05, 4.69) is 4.98 Å². The average Bonchev–Trinajstić information content (AvgIpc) is 2.89. The van der Waals surface area contributed by atoms with Gasteiger partial charge in [-0.25, -0.2) is 8.78 Å². The van der Waals surface area contributed by atoms with Crippen LogP contribution in [0.25, 0.3) is 10.9 Å². The molecule has 1 atom stereocenters. The second-order valence-corrected chi connectivity index (χ2v) is 5.57. The van der Waals surface area contributed by atoms with Crippen molar-refractivity contribution in [3.8, 4) is 6.07 Å². The van der Waals surface area contributed by atoms with E-state index in [1.807, 2.05) is 0 Å². The topological polar surface area (TPSA) is 86.1 Å². The van der Waals surface area contributed by atoms with E-state index in [0.29, 0.717) is 30.2 Å². The van der Waals surface area contributed by atoms with E-state index in [1.165, 1.54) is 0 Å². The van der Waals surface area contributed by atoms with Crippen molar-refractivity contribution in [3.63, 3.8) is 0 Å². The Morgan fingerprint density at radius 2 is 2.26 bits per heavy atom. The number of nitrogens with one attached hydrogen (secondary N) is 1. The van der Waals surface area contributed by atoms with Crippen LogP contribution >= 0.6 is 0 Å². The largest absolute Gasteiger partial charge is 0.481 e. The highest BCUT2D eigenvalue weighted by molar-refractivity contribution is 5.91. The van der Waals surface area contributed by atoms with E-state index >= 15 is 0 Å². The molecule has 2 N–H and O–H groups in total. The summed E-state index contributed by atoms with van der Waals surface area (Å²) in [6, 6.07) is 2.43. The quantitative estimate of drug-likeness (QED) is 0.910. The number of benzene rings is 1. The molecule has 1 unspecified atom stereocenters. The van der Waals surface area contributed by atoms with E-state index in [1.54, 1.807) is 13.0 Å². The fourth-order valence-electron chi connectivity index (χ4n) is 3.33. The Balaban J connectivity index is 2.37. The number of aromatic nitrogens is 1. The summed E-state index contributed by atoms with van der Waals surface area (Å²) < 4.78 is 33.8. The zero-order valence-electron chi connectivity index (χ0n) is 12.4. The van der Waals surface area contributed by atoms with Gasteiger partial charge in [0.1, 0.15) is 23.3 Å². The van der Waals surface area contributed by atoms with Gasteiger partial charge in [-0.2, -0.15) is 5.26 Å². The van der Waals surface area contributed by atoms with Crippen LogP contribution in [0.4, 0.5) is 8.78 Å². The molecule has 0 radical (unpaired) electrons. The predicted molar refractivity (Wildman–Crippen MR) is 76.8 cm³/mol. The van der Waals surface area contributed by atoms with Crippen LogP contribution in [0.1, 0.15) is 36.6 Å². The molecule has 3 rings (SSSR count). The third kappa shape index (κ3) is 2.18. The number of ether oxygens (including phenoxy) is 1. The highest BCUT2D eigenvalue weighted by Gasteiger charge is 2.41. The molecule has 0 bridgehead atoms. The molecular formula is C16H14F2N2O3. The summed E-state index contributed by atoms with van der Waals surface area (Å²) in [6.45, 7) is 2.00. The van der Waals surface area contributed by atoms with Crippen LogP contribution in [-0.2, 0) is 21.6 Å². The van der Waals surface area contributed by atoms with E-state index in [-0.39, 0.29) is 29.5 Å². The number of nitriles is 1. The van der Waals surface area contributed by atoms with Crippen molar-refractivity contribution in [1.82, 2.24) is 4.98 Å². The highest BCUT2D eigenvalue weighted by Crippen LogP contribution is 2.43. The summed E-state index contributed by atoms with van der Waals surface area (Å²) in [6.07, 6.45) is 0.411. The number of carboxylic acids is 1. The number of rotatable bonds is 3. The number of hydrogen-bond donors (Lipinski definition) is 2. The number of H-pyrrole nitrogens is 1. The number of carbonyl (C=O) groups is 1. The maximum atomic E-state index is 14.1. The second-order valence-electron chi connectivity index (χ2n) is 5.57. The molecule has 0 aliphatic carbocycles. The van der Waals surface area contributed by atoms with Crippen molar-refractivity contribution >= 4 is 16.9 Å². The Labute approximate surface area is 130 Å². The van der Waals surface area contributed by atoms with Gasteiger partial charge in [0.05, 0.1) is 29.8 Å². The van der Waals surface area contributed by atoms with Crippen LogP contribution in [0, 0.1) is 23.0 Å². The first-order valence-electron chi connectivity index (χ1n) is 7.22. The Kier molecular flexibility index (Phi) is 3.57. The predicted octanol–water partition coefficient (Wildman–Crippen LogP) is 2.97. The lowest BCUT2D eigenvalue weighted by Gasteiger charge is -2.35. The van der Waals surface area contributed by atoms with Crippen LogP contribution in [0.2, 0.25) is 0 Å². The molecule has 1 aromatic heterocycles. The number of hydrogen-bond acceptors (Lipinski definition) is 3. The maximum absolute atomic E-state index is 14.1. The Morgan fingerprint density at radius 3 is 2.87 bits per heavy atom. The first-order chi connectivity index (χ1) is 10.9. The van der Waals surface area contributed by atoms with Gasteiger partial charge in [0.2, 0.25) is 0 Å². The first kappa shape index (κ1) is 15.4. The standard InChI is InChI=1S/C16H14F2N2O3/c1-2-16(6-12(21)22)15-8(3-4-23-16)13-9(7-19)10(17)5-11(18)14(13)20-15/h5,20H,2-4,6H2,1H3,(H,21,22). The van der Waals surface area contributed by atoms with E-state index in [9.17, 15) is 23.9 Å². The molecule has 0 saturated heterocycles. The van der Waals surface area contributed by atoms with Gasteiger partial charge in [-0.15, -0.1) is 0 Å². The number of aliphatic carboxylic acids is 1. The summed E-state index contributed by atoms with van der Waals surface area (Å²) >= 11 is 0. The van der Waals surface area contributed by atoms with Gasteiger partial charge < -0.3 is 14.8 Å². The molecule has 2 aromatic rings. The molecule has 0 fully saturated rings. The van der Waals surface area contributed by atoms with Crippen LogP contribution < -0.4 is 0 Å². The van der Waals surface area contributed by atoms with Gasteiger partial charge in [-0.05, 0) is 18.4 Å². The smallest absolute Gasteiger partial charge is 0.306 e. The van der Waals surface area contributed by atoms with Gasteiger partial charge in [0, 0.05) is 11.5 Å². The number of nitrogens with zero attached hydrogens (tertiary/aromatic N) is 1.